The van der Waals surface area contributed by atoms with Gasteiger partial charge in [-0.05, 0) is 56.0 Å². The summed E-state index contributed by atoms with van der Waals surface area (Å²) >= 11 is 0. The number of ether oxygens (including phenoxy) is 2. The zero-order valence-corrected chi connectivity index (χ0v) is 11.9. The van der Waals surface area contributed by atoms with Crippen molar-refractivity contribution in [3.63, 3.8) is 0 Å². The van der Waals surface area contributed by atoms with Gasteiger partial charge in [-0.25, -0.2) is 4.79 Å². The van der Waals surface area contributed by atoms with Crippen molar-refractivity contribution in [2.45, 2.75) is 25.3 Å². The van der Waals surface area contributed by atoms with Gasteiger partial charge in [0.2, 0.25) is 0 Å². The summed E-state index contributed by atoms with van der Waals surface area (Å²) in [4.78, 5) is 13.9. The third kappa shape index (κ3) is 2.96. The monoisotopic (exact) mass is 275 g/mol. The van der Waals surface area contributed by atoms with Crippen molar-refractivity contribution < 1.29 is 14.3 Å². The highest BCUT2D eigenvalue weighted by Crippen LogP contribution is 2.44. The maximum absolute atomic E-state index is 11.3. The Bertz CT molecular complexity index is 471. The number of esters is 1. The van der Waals surface area contributed by atoms with Gasteiger partial charge >= 0.3 is 5.97 Å². The van der Waals surface area contributed by atoms with Crippen LogP contribution in [0.1, 0.15) is 29.6 Å². The number of carbonyl (C=O) groups is 1. The van der Waals surface area contributed by atoms with Gasteiger partial charge in [-0.15, -0.1) is 0 Å². The van der Waals surface area contributed by atoms with Gasteiger partial charge in [0.05, 0.1) is 19.3 Å². The summed E-state index contributed by atoms with van der Waals surface area (Å²) in [5.74, 6) is 1.50. The van der Waals surface area contributed by atoms with Gasteiger partial charge in [0, 0.05) is 12.6 Å². The van der Waals surface area contributed by atoms with Crippen molar-refractivity contribution >= 4 is 5.97 Å². The molecule has 0 radical (unpaired) electrons. The molecule has 1 aromatic rings. The van der Waals surface area contributed by atoms with Crippen LogP contribution in [0.4, 0.5) is 0 Å². The first-order chi connectivity index (χ1) is 9.78. The van der Waals surface area contributed by atoms with Crippen molar-refractivity contribution in [3.8, 4) is 5.75 Å². The molecule has 4 heteroatoms. The lowest BCUT2D eigenvalue weighted by atomic mass is 10.2. The molecule has 1 saturated heterocycles. The topological polar surface area (TPSA) is 38.8 Å². The predicted molar refractivity (Wildman–Crippen MR) is 76.0 cm³/mol. The van der Waals surface area contributed by atoms with Crippen LogP contribution < -0.4 is 4.74 Å². The Labute approximate surface area is 119 Å². The fourth-order valence-electron chi connectivity index (χ4n) is 3.03. The molecule has 1 heterocycles. The number of likely N-dealkylation sites (tertiary alicyclic amines) is 1. The molecular weight excluding hydrogens is 254 g/mol. The van der Waals surface area contributed by atoms with E-state index in [1.807, 2.05) is 12.1 Å². The standard InChI is InChI=1S/C16H21NO3/c1-19-16(18)12-3-5-14(6-4-12)20-10-2-8-17-9-7-13-11-15(13)17/h3-6,13,15H,2,7-11H2,1H3. The molecular formula is C16H21NO3. The Morgan fingerprint density at radius 3 is 2.75 bits per heavy atom. The van der Waals surface area contributed by atoms with Gasteiger partial charge in [0.1, 0.15) is 5.75 Å². The summed E-state index contributed by atoms with van der Waals surface area (Å²) in [6.07, 6.45) is 3.86. The van der Waals surface area contributed by atoms with Crippen LogP contribution in [-0.4, -0.2) is 43.7 Å². The smallest absolute Gasteiger partial charge is 0.337 e. The maximum atomic E-state index is 11.3. The van der Waals surface area contributed by atoms with Crippen LogP contribution in [0.3, 0.4) is 0 Å². The Morgan fingerprint density at radius 1 is 1.35 bits per heavy atom. The van der Waals surface area contributed by atoms with Gasteiger partial charge in [0.25, 0.3) is 0 Å². The zero-order valence-electron chi connectivity index (χ0n) is 11.9. The Kier molecular flexibility index (Phi) is 3.92. The number of benzene rings is 1. The van der Waals surface area contributed by atoms with E-state index in [9.17, 15) is 4.79 Å². The first kappa shape index (κ1) is 13.4. The van der Waals surface area contributed by atoms with Crippen LogP contribution in [0, 0.1) is 5.92 Å². The van der Waals surface area contributed by atoms with E-state index in [2.05, 4.69) is 9.64 Å². The SMILES string of the molecule is COC(=O)c1ccc(OCCCN2CCC3CC32)cc1. The molecule has 0 spiro atoms. The summed E-state index contributed by atoms with van der Waals surface area (Å²) in [7, 11) is 1.38. The van der Waals surface area contributed by atoms with E-state index in [1.54, 1.807) is 12.1 Å². The minimum atomic E-state index is -0.315. The van der Waals surface area contributed by atoms with E-state index in [0.717, 1.165) is 37.3 Å². The predicted octanol–water partition coefficient (Wildman–Crippen LogP) is 2.34. The van der Waals surface area contributed by atoms with Crippen molar-refractivity contribution in [2.75, 3.05) is 26.8 Å². The Hall–Kier alpha value is -1.55. The van der Waals surface area contributed by atoms with Crippen molar-refractivity contribution in [3.05, 3.63) is 29.8 Å². The zero-order chi connectivity index (χ0) is 13.9. The van der Waals surface area contributed by atoms with Gasteiger partial charge in [-0.3, -0.25) is 4.90 Å². The molecule has 108 valence electrons. The number of nitrogens with zero attached hydrogens (tertiary/aromatic N) is 1. The normalized spacial score (nSPS) is 24.2. The van der Waals surface area contributed by atoms with E-state index >= 15 is 0 Å². The molecule has 1 aliphatic carbocycles. The lowest BCUT2D eigenvalue weighted by Crippen LogP contribution is -2.25. The first-order valence-electron chi connectivity index (χ1n) is 7.33. The average molecular weight is 275 g/mol. The number of rotatable bonds is 6. The molecule has 0 amide bonds. The summed E-state index contributed by atoms with van der Waals surface area (Å²) in [6, 6.07) is 7.99. The molecule has 2 atom stereocenters. The van der Waals surface area contributed by atoms with E-state index in [-0.39, 0.29) is 5.97 Å². The third-order valence-electron chi connectivity index (χ3n) is 4.28. The minimum absolute atomic E-state index is 0.315. The fraction of sp³-hybridized carbons (Fsp3) is 0.562. The second-order valence-electron chi connectivity index (χ2n) is 5.61. The number of hydrogen-bond acceptors (Lipinski definition) is 4. The molecule has 1 aromatic carbocycles. The number of fused-ring (bicyclic) bond motifs is 1. The lowest BCUT2D eigenvalue weighted by molar-refractivity contribution is 0.0600. The van der Waals surface area contributed by atoms with Gasteiger partial charge in [0.15, 0.2) is 0 Å². The van der Waals surface area contributed by atoms with Crippen LogP contribution in [-0.2, 0) is 4.74 Å². The van der Waals surface area contributed by atoms with Crippen LogP contribution in [0.15, 0.2) is 24.3 Å². The molecule has 2 fully saturated rings. The van der Waals surface area contributed by atoms with Crippen molar-refractivity contribution in [2.24, 2.45) is 5.92 Å². The third-order valence-corrected chi connectivity index (χ3v) is 4.28. The van der Waals surface area contributed by atoms with Crippen molar-refractivity contribution in [1.29, 1.82) is 0 Å². The summed E-state index contributed by atoms with van der Waals surface area (Å²) < 4.78 is 10.4. The van der Waals surface area contributed by atoms with Crippen molar-refractivity contribution in [1.82, 2.24) is 4.90 Å². The molecule has 0 bridgehead atoms. The average Bonchev–Trinajstić information content (AvgIpc) is 3.17. The van der Waals surface area contributed by atoms with Gasteiger partial charge in [-0.1, -0.05) is 0 Å². The van der Waals surface area contributed by atoms with E-state index in [1.165, 1.54) is 26.5 Å². The molecule has 3 rings (SSSR count). The number of carbonyl (C=O) groups excluding carboxylic acids is 1. The highest BCUT2D eigenvalue weighted by molar-refractivity contribution is 5.89. The van der Waals surface area contributed by atoms with E-state index in [0.29, 0.717) is 5.56 Å². The lowest BCUT2D eigenvalue weighted by Gasteiger charge is -2.17. The Morgan fingerprint density at radius 2 is 2.15 bits per heavy atom. The largest absolute Gasteiger partial charge is 0.494 e. The van der Waals surface area contributed by atoms with E-state index < -0.39 is 0 Å². The van der Waals surface area contributed by atoms with Gasteiger partial charge < -0.3 is 9.47 Å². The Balaban J connectivity index is 1.38. The molecule has 2 aliphatic rings. The summed E-state index contributed by atoms with van der Waals surface area (Å²) in [5.41, 5.74) is 0.552. The fourth-order valence-corrected chi connectivity index (χ4v) is 3.03. The second kappa shape index (κ2) is 5.83. The molecule has 2 unspecified atom stereocenters. The quantitative estimate of drug-likeness (QED) is 0.590. The highest BCUT2D eigenvalue weighted by atomic mass is 16.5. The maximum Gasteiger partial charge on any atom is 0.337 e. The number of piperidine rings is 1. The van der Waals surface area contributed by atoms with Crippen LogP contribution >= 0.6 is 0 Å². The minimum Gasteiger partial charge on any atom is -0.494 e. The highest BCUT2D eigenvalue weighted by Gasteiger charge is 2.46. The molecule has 20 heavy (non-hydrogen) atoms. The molecule has 0 aromatic heterocycles. The number of hydrogen-bond donors (Lipinski definition) is 0. The van der Waals surface area contributed by atoms with Crippen LogP contribution in [0.25, 0.3) is 0 Å². The molecule has 0 N–H and O–H groups in total. The summed E-state index contributed by atoms with van der Waals surface area (Å²) in [5, 5.41) is 0. The van der Waals surface area contributed by atoms with Crippen LogP contribution in [0.5, 0.6) is 5.75 Å². The molecule has 1 aliphatic heterocycles. The van der Waals surface area contributed by atoms with Gasteiger partial charge in [-0.2, -0.15) is 0 Å². The van der Waals surface area contributed by atoms with E-state index in [4.69, 9.17) is 4.74 Å². The summed E-state index contributed by atoms with van der Waals surface area (Å²) in [6.45, 7) is 3.13. The molecule has 4 nitrogen and oxygen atoms in total. The van der Waals surface area contributed by atoms with Crippen LogP contribution in [0.2, 0.25) is 0 Å². The first-order valence-corrected chi connectivity index (χ1v) is 7.33. The number of methoxy groups -OCH3 is 1. The molecule has 1 saturated carbocycles. The second-order valence-corrected chi connectivity index (χ2v) is 5.61.